The standard InChI is InChI=1S/C15H14Cl2N2O5S2/c1-10-3-6-12(7-4-10)25(2,21)18-15(20)19-26(22,23)24-14-8-5-11(16)9-13(14)17/h3-9H,1-2H3,(H,19,20)/t25-/m1/s1. The summed E-state index contributed by atoms with van der Waals surface area (Å²) in [5.74, 6) is -0.230. The molecule has 0 unspecified atom stereocenters. The van der Waals surface area contributed by atoms with Crippen LogP contribution in [0.3, 0.4) is 0 Å². The van der Waals surface area contributed by atoms with Crippen LogP contribution >= 0.6 is 23.2 Å². The molecule has 2 aromatic rings. The minimum atomic E-state index is -4.58. The van der Waals surface area contributed by atoms with E-state index in [2.05, 4.69) is 4.36 Å². The first-order chi connectivity index (χ1) is 12.0. The van der Waals surface area contributed by atoms with E-state index in [1.807, 2.05) is 6.92 Å². The summed E-state index contributed by atoms with van der Waals surface area (Å²) in [5.41, 5.74) is 0.934. The zero-order chi connectivity index (χ0) is 19.5. The van der Waals surface area contributed by atoms with Gasteiger partial charge in [0.1, 0.15) is 0 Å². The molecule has 2 rings (SSSR count). The van der Waals surface area contributed by atoms with Crippen molar-refractivity contribution in [1.82, 2.24) is 4.72 Å². The van der Waals surface area contributed by atoms with Gasteiger partial charge in [0, 0.05) is 16.2 Å². The average molecular weight is 437 g/mol. The third kappa shape index (κ3) is 5.60. The first kappa shape index (κ1) is 20.5. The van der Waals surface area contributed by atoms with Crippen LogP contribution in [-0.4, -0.2) is 24.9 Å². The van der Waals surface area contributed by atoms with Gasteiger partial charge in [-0.25, -0.2) is 9.00 Å². The maximum Gasteiger partial charge on any atom is 0.411 e. The lowest BCUT2D eigenvalue weighted by atomic mass is 10.2. The lowest BCUT2D eigenvalue weighted by molar-refractivity contribution is 0.253. The first-order valence-corrected chi connectivity index (χ1v) is 11.1. The molecule has 0 aliphatic heterocycles. The number of nitrogens with one attached hydrogen (secondary N) is 1. The molecule has 1 atom stereocenters. The highest BCUT2D eigenvalue weighted by molar-refractivity contribution is 7.93. The van der Waals surface area contributed by atoms with Crippen LogP contribution in [0.4, 0.5) is 4.79 Å². The number of amides is 2. The van der Waals surface area contributed by atoms with Gasteiger partial charge < -0.3 is 4.18 Å². The molecule has 0 radical (unpaired) electrons. The Bertz CT molecular complexity index is 1060. The summed E-state index contributed by atoms with van der Waals surface area (Å²) in [6.07, 6.45) is 1.22. The fourth-order valence-electron chi connectivity index (χ4n) is 1.81. The number of carbonyl (C=O) groups is 1. The van der Waals surface area contributed by atoms with Crippen molar-refractivity contribution in [2.24, 2.45) is 4.36 Å². The zero-order valence-electron chi connectivity index (χ0n) is 13.6. The van der Waals surface area contributed by atoms with E-state index in [0.29, 0.717) is 0 Å². The van der Waals surface area contributed by atoms with Crippen LogP contribution in [0, 0.1) is 6.92 Å². The number of rotatable bonds is 4. The second-order valence-electron chi connectivity index (χ2n) is 5.23. The molecule has 1 N–H and O–H groups in total. The topological polar surface area (TPSA) is 102 Å². The summed E-state index contributed by atoms with van der Waals surface area (Å²) in [5, 5.41) is 0.216. The number of halogens is 2. The molecular weight excluding hydrogens is 423 g/mol. The van der Waals surface area contributed by atoms with Crippen molar-refractivity contribution in [1.29, 1.82) is 0 Å². The Balaban J connectivity index is 2.19. The van der Waals surface area contributed by atoms with E-state index in [1.54, 1.807) is 29.0 Å². The van der Waals surface area contributed by atoms with Crippen molar-refractivity contribution in [3.05, 3.63) is 58.1 Å². The molecule has 0 saturated carbocycles. The van der Waals surface area contributed by atoms with Crippen LogP contribution in [-0.2, 0) is 20.0 Å². The maximum absolute atomic E-state index is 12.5. The van der Waals surface area contributed by atoms with Gasteiger partial charge in [-0.05, 0) is 37.3 Å². The summed E-state index contributed by atoms with van der Waals surface area (Å²) < 4.78 is 46.1. The monoisotopic (exact) mass is 436 g/mol. The maximum atomic E-state index is 12.5. The van der Waals surface area contributed by atoms with E-state index in [4.69, 9.17) is 27.4 Å². The van der Waals surface area contributed by atoms with E-state index in [-0.39, 0.29) is 20.7 Å². The lowest BCUT2D eigenvalue weighted by Crippen LogP contribution is -2.32. The van der Waals surface area contributed by atoms with Crippen molar-refractivity contribution in [3.8, 4) is 5.75 Å². The molecule has 0 aromatic heterocycles. The number of aryl methyl sites for hydroxylation is 1. The third-order valence-corrected chi connectivity index (χ3v) is 6.04. The molecule has 140 valence electrons. The largest absolute Gasteiger partial charge is 0.411 e. The van der Waals surface area contributed by atoms with Gasteiger partial charge in [0.2, 0.25) is 0 Å². The Morgan fingerprint density at radius 2 is 1.69 bits per heavy atom. The second-order valence-corrected chi connectivity index (χ2v) is 9.61. The van der Waals surface area contributed by atoms with Gasteiger partial charge in [-0.15, -0.1) is 4.36 Å². The van der Waals surface area contributed by atoms with Gasteiger partial charge in [-0.1, -0.05) is 40.9 Å². The molecule has 0 aliphatic carbocycles. The normalized spacial score (nSPS) is 13.5. The van der Waals surface area contributed by atoms with Gasteiger partial charge in [0.05, 0.1) is 14.8 Å². The highest BCUT2D eigenvalue weighted by Crippen LogP contribution is 2.28. The van der Waals surface area contributed by atoms with E-state index < -0.39 is 26.1 Å². The van der Waals surface area contributed by atoms with Crippen LogP contribution in [0.5, 0.6) is 5.75 Å². The van der Waals surface area contributed by atoms with Gasteiger partial charge >= 0.3 is 16.3 Å². The number of hydrogen-bond acceptors (Lipinski definition) is 5. The third-order valence-electron chi connectivity index (χ3n) is 3.02. The van der Waals surface area contributed by atoms with Gasteiger partial charge in [0.25, 0.3) is 0 Å². The predicted molar refractivity (Wildman–Crippen MR) is 100 cm³/mol. The summed E-state index contributed by atoms with van der Waals surface area (Å²) in [4.78, 5) is 12.2. The number of carbonyl (C=O) groups excluding carboxylic acids is 1. The van der Waals surface area contributed by atoms with E-state index in [9.17, 15) is 17.4 Å². The minimum absolute atomic E-state index is 0.0637. The molecule has 2 amide bonds. The molecule has 0 aliphatic rings. The van der Waals surface area contributed by atoms with Crippen LogP contribution in [0.15, 0.2) is 51.7 Å². The number of urea groups is 1. The van der Waals surface area contributed by atoms with Crippen molar-refractivity contribution in [2.75, 3.05) is 6.26 Å². The number of benzene rings is 2. The predicted octanol–water partition coefficient (Wildman–Crippen LogP) is 3.79. The van der Waals surface area contributed by atoms with Crippen molar-refractivity contribution >= 4 is 49.3 Å². The Kier molecular flexibility index (Phi) is 6.17. The molecule has 0 spiro atoms. The Labute approximate surface area is 161 Å². The van der Waals surface area contributed by atoms with Crippen LogP contribution in [0.25, 0.3) is 0 Å². The minimum Gasteiger partial charge on any atom is -0.365 e. The fourth-order valence-corrected chi connectivity index (χ4v) is 4.15. The molecule has 11 heteroatoms. The zero-order valence-corrected chi connectivity index (χ0v) is 16.7. The van der Waals surface area contributed by atoms with Crippen molar-refractivity contribution in [3.63, 3.8) is 0 Å². The molecule has 0 heterocycles. The smallest absolute Gasteiger partial charge is 0.365 e. The van der Waals surface area contributed by atoms with E-state index in [0.717, 1.165) is 5.56 Å². The van der Waals surface area contributed by atoms with Crippen LogP contribution < -0.4 is 8.91 Å². The van der Waals surface area contributed by atoms with Gasteiger partial charge in [-0.3, -0.25) is 0 Å². The van der Waals surface area contributed by atoms with E-state index >= 15 is 0 Å². The lowest BCUT2D eigenvalue weighted by Gasteiger charge is -2.09. The molecule has 0 bridgehead atoms. The Morgan fingerprint density at radius 3 is 2.27 bits per heavy atom. The molecular formula is C15H14Cl2N2O5S2. The van der Waals surface area contributed by atoms with E-state index in [1.165, 1.54) is 24.5 Å². The molecule has 2 aromatic carbocycles. The summed E-state index contributed by atoms with van der Waals surface area (Å²) >= 11 is 11.5. The Hall–Kier alpha value is -1.81. The molecule has 0 fully saturated rings. The first-order valence-electron chi connectivity index (χ1n) is 6.98. The SMILES string of the molecule is Cc1ccc([S@@](C)(=O)=NC(=O)NS(=O)(=O)Oc2ccc(Cl)cc2Cl)cc1. The van der Waals surface area contributed by atoms with Crippen LogP contribution in [0.2, 0.25) is 10.0 Å². The average Bonchev–Trinajstić information content (AvgIpc) is 2.49. The molecule has 7 nitrogen and oxygen atoms in total. The van der Waals surface area contributed by atoms with Gasteiger partial charge in [0.15, 0.2) is 5.75 Å². The Morgan fingerprint density at radius 1 is 1.08 bits per heavy atom. The van der Waals surface area contributed by atoms with Crippen molar-refractivity contribution < 1.29 is 21.6 Å². The summed E-state index contributed by atoms with van der Waals surface area (Å²) in [6.45, 7) is 1.84. The fraction of sp³-hybridized carbons (Fsp3) is 0.133. The van der Waals surface area contributed by atoms with Gasteiger partial charge in [-0.2, -0.15) is 13.1 Å². The highest BCUT2D eigenvalue weighted by Gasteiger charge is 2.20. The molecule has 0 saturated heterocycles. The number of nitrogens with zero attached hydrogens (tertiary/aromatic N) is 1. The summed E-state index contributed by atoms with van der Waals surface area (Å²) in [7, 11) is -7.71. The number of hydrogen-bond donors (Lipinski definition) is 1. The summed E-state index contributed by atoms with van der Waals surface area (Å²) in [6, 6.07) is 9.03. The second kappa shape index (κ2) is 7.83. The highest BCUT2D eigenvalue weighted by atomic mass is 35.5. The van der Waals surface area contributed by atoms with Crippen molar-refractivity contribution in [2.45, 2.75) is 11.8 Å². The van der Waals surface area contributed by atoms with Crippen LogP contribution in [0.1, 0.15) is 5.56 Å². The molecule has 26 heavy (non-hydrogen) atoms. The quantitative estimate of drug-likeness (QED) is 0.784.